The molecule has 104 valence electrons. The second-order valence-corrected chi connectivity index (χ2v) is 5.39. The molecular weight excluding hydrogens is 272 g/mol. The molecule has 0 saturated carbocycles. The largest absolute Gasteiger partial charge is 0.298 e. The molecule has 0 aliphatic rings. The van der Waals surface area contributed by atoms with E-state index in [-0.39, 0.29) is 0 Å². The van der Waals surface area contributed by atoms with Gasteiger partial charge < -0.3 is 0 Å². The lowest BCUT2D eigenvalue weighted by atomic mass is 9.92. The van der Waals surface area contributed by atoms with Gasteiger partial charge in [0, 0.05) is 11.1 Å². The molecule has 0 fully saturated rings. The summed E-state index contributed by atoms with van der Waals surface area (Å²) >= 11 is 0. The lowest BCUT2D eigenvalue weighted by molar-refractivity contribution is 0.111. The second-order valence-electron chi connectivity index (χ2n) is 5.39. The lowest BCUT2D eigenvalue weighted by Crippen LogP contribution is -1.87. The van der Waals surface area contributed by atoms with Crippen LogP contribution in [0.5, 0.6) is 0 Å². The summed E-state index contributed by atoms with van der Waals surface area (Å²) in [6, 6.07) is 19.6. The highest BCUT2D eigenvalue weighted by Gasteiger charge is 2.09. The quantitative estimate of drug-likeness (QED) is 0.392. The molecule has 0 saturated heterocycles. The van der Waals surface area contributed by atoms with Crippen LogP contribution in [-0.4, -0.2) is 12.6 Å². The van der Waals surface area contributed by atoms with E-state index in [2.05, 4.69) is 12.1 Å². The molecule has 4 aromatic rings. The molecule has 4 aromatic carbocycles. The Labute approximate surface area is 127 Å². The van der Waals surface area contributed by atoms with Gasteiger partial charge in [-0.25, -0.2) is 0 Å². The van der Waals surface area contributed by atoms with Gasteiger partial charge in [0.25, 0.3) is 0 Å². The minimum Gasteiger partial charge on any atom is -0.298 e. The van der Waals surface area contributed by atoms with E-state index in [9.17, 15) is 9.59 Å². The van der Waals surface area contributed by atoms with E-state index in [1.165, 1.54) is 0 Å². The van der Waals surface area contributed by atoms with E-state index < -0.39 is 0 Å². The zero-order valence-corrected chi connectivity index (χ0v) is 11.7. The summed E-state index contributed by atoms with van der Waals surface area (Å²) in [5.41, 5.74) is 1.34. The standard InChI is InChI=1S/C20H12O2/c21-11-13-5-7-17-18-8-6-14(12-22)10-20(18)16-4-2-1-3-15(16)19(17)9-13/h1-12H. The first-order valence-electron chi connectivity index (χ1n) is 7.10. The lowest BCUT2D eigenvalue weighted by Gasteiger charge is -2.11. The third kappa shape index (κ3) is 1.74. The Hall–Kier alpha value is -3.00. The maximum atomic E-state index is 11.1. The van der Waals surface area contributed by atoms with Crippen LogP contribution in [0.2, 0.25) is 0 Å². The minimum atomic E-state index is 0.668. The second kappa shape index (κ2) is 4.78. The van der Waals surface area contributed by atoms with Crippen LogP contribution in [0.25, 0.3) is 32.3 Å². The van der Waals surface area contributed by atoms with Crippen molar-refractivity contribution in [3.05, 3.63) is 71.8 Å². The molecule has 0 atom stereocenters. The van der Waals surface area contributed by atoms with Crippen LogP contribution in [0, 0.1) is 0 Å². The van der Waals surface area contributed by atoms with Crippen molar-refractivity contribution in [2.45, 2.75) is 0 Å². The Morgan fingerprint density at radius 1 is 0.500 bits per heavy atom. The molecule has 0 spiro atoms. The minimum absolute atomic E-state index is 0.668. The van der Waals surface area contributed by atoms with Gasteiger partial charge in [-0.3, -0.25) is 9.59 Å². The van der Waals surface area contributed by atoms with Crippen LogP contribution >= 0.6 is 0 Å². The van der Waals surface area contributed by atoms with Crippen molar-refractivity contribution in [1.29, 1.82) is 0 Å². The fraction of sp³-hybridized carbons (Fsp3) is 0. The maximum Gasteiger partial charge on any atom is 0.150 e. The van der Waals surface area contributed by atoms with E-state index in [0.717, 1.165) is 44.9 Å². The fourth-order valence-corrected chi connectivity index (χ4v) is 3.14. The normalized spacial score (nSPS) is 11.1. The van der Waals surface area contributed by atoms with Crippen LogP contribution in [0.4, 0.5) is 0 Å². The van der Waals surface area contributed by atoms with Gasteiger partial charge in [-0.05, 0) is 44.5 Å². The molecule has 0 aromatic heterocycles. The summed E-state index contributed by atoms with van der Waals surface area (Å²) in [4.78, 5) is 22.2. The molecule has 0 aliphatic carbocycles. The number of benzene rings is 4. The van der Waals surface area contributed by atoms with Gasteiger partial charge in [0.1, 0.15) is 12.6 Å². The average Bonchev–Trinajstić information content (AvgIpc) is 2.61. The number of carbonyl (C=O) groups excluding carboxylic acids is 2. The molecule has 0 amide bonds. The Bertz CT molecular complexity index is 955. The number of fused-ring (bicyclic) bond motifs is 6. The molecule has 0 aliphatic heterocycles. The first kappa shape index (κ1) is 12.7. The van der Waals surface area contributed by atoms with Crippen molar-refractivity contribution in [3.63, 3.8) is 0 Å². The van der Waals surface area contributed by atoms with Gasteiger partial charge in [0.2, 0.25) is 0 Å². The maximum absolute atomic E-state index is 11.1. The third-order valence-electron chi connectivity index (χ3n) is 4.16. The molecule has 2 heteroatoms. The molecule has 0 bridgehead atoms. The highest BCUT2D eigenvalue weighted by molar-refractivity contribution is 6.26. The van der Waals surface area contributed by atoms with Gasteiger partial charge in [-0.15, -0.1) is 0 Å². The van der Waals surface area contributed by atoms with E-state index in [4.69, 9.17) is 0 Å². The van der Waals surface area contributed by atoms with Gasteiger partial charge in [0.05, 0.1) is 0 Å². The zero-order valence-electron chi connectivity index (χ0n) is 11.7. The Morgan fingerprint density at radius 2 is 0.909 bits per heavy atom. The molecule has 0 unspecified atom stereocenters. The first-order chi connectivity index (χ1) is 10.8. The fourth-order valence-electron chi connectivity index (χ4n) is 3.14. The van der Waals surface area contributed by atoms with Crippen molar-refractivity contribution in [3.8, 4) is 0 Å². The van der Waals surface area contributed by atoms with Crippen molar-refractivity contribution < 1.29 is 9.59 Å². The molecule has 2 nitrogen and oxygen atoms in total. The molecular formula is C20H12O2. The van der Waals surface area contributed by atoms with Gasteiger partial charge in [0.15, 0.2) is 0 Å². The molecule has 0 heterocycles. The summed E-state index contributed by atoms with van der Waals surface area (Å²) < 4.78 is 0. The summed E-state index contributed by atoms with van der Waals surface area (Å²) in [6.45, 7) is 0. The highest BCUT2D eigenvalue weighted by Crippen LogP contribution is 2.35. The summed E-state index contributed by atoms with van der Waals surface area (Å²) in [6.07, 6.45) is 1.74. The number of hydrogen-bond donors (Lipinski definition) is 0. The number of carbonyl (C=O) groups is 2. The van der Waals surface area contributed by atoms with E-state index >= 15 is 0 Å². The van der Waals surface area contributed by atoms with Gasteiger partial charge >= 0.3 is 0 Å². The van der Waals surface area contributed by atoms with Crippen LogP contribution in [0.1, 0.15) is 20.7 Å². The van der Waals surface area contributed by atoms with E-state index in [1.54, 1.807) is 0 Å². The zero-order chi connectivity index (χ0) is 15.1. The van der Waals surface area contributed by atoms with Crippen molar-refractivity contribution in [2.24, 2.45) is 0 Å². The highest BCUT2D eigenvalue weighted by atomic mass is 16.1. The monoisotopic (exact) mass is 284 g/mol. The van der Waals surface area contributed by atoms with Crippen molar-refractivity contribution in [1.82, 2.24) is 0 Å². The summed E-state index contributed by atoms with van der Waals surface area (Å²) in [5, 5.41) is 6.50. The molecule has 4 rings (SSSR count). The van der Waals surface area contributed by atoms with E-state index in [0.29, 0.717) is 11.1 Å². The predicted molar refractivity (Wildman–Crippen MR) is 89.7 cm³/mol. The Balaban J connectivity index is 2.32. The van der Waals surface area contributed by atoms with E-state index in [1.807, 2.05) is 48.5 Å². The number of hydrogen-bond acceptors (Lipinski definition) is 2. The van der Waals surface area contributed by atoms with Crippen LogP contribution in [0.3, 0.4) is 0 Å². The summed E-state index contributed by atoms with van der Waals surface area (Å²) in [5.74, 6) is 0. The summed E-state index contributed by atoms with van der Waals surface area (Å²) in [7, 11) is 0. The number of rotatable bonds is 2. The van der Waals surface area contributed by atoms with Crippen LogP contribution in [0.15, 0.2) is 60.7 Å². The molecule has 0 N–H and O–H groups in total. The van der Waals surface area contributed by atoms with Gasteiger partial charge in [-0.1, -0.05) is 48.5 Å². The SMILES string of the molecule is O=Cc1ccc2c3ccc(C=O)cc3c3ccccc3c2c1. The van der Waals surface area contributed by atoms with Gasteiger partial charge in [-0.2, -0.15) is 0 Å². The predicted octanol–water partition coefficient (Wildman–Crippen LogP) is 4.77. The first-order valence-corrected chi connectivity index (χ1v) is 7.10. The Morgan fingerprint density at radius 3 is 1.32 bits per heavy atom. The topological polar surface area (TPSA) is 34.1 Å². The Kier molecular flexibility index (Phi) is 2.76. The smallest absolute Gasteiger partial charge is 0.150 e. The third-order valence-corrected chi connectivity index (χ3v) is 4.16. The number of aldehydes is 2. The van der Waals surface area contributed by atoms with Crippen molar-refractivity contribution in [2.75, 3.05) is 0 Å². The molecule has 0 radical (unpaired) electrons. The van der Waals surface area contributed by atoms with Crippen molar-refractivity contribution >= 4 is 44.9 Å². The van der Waals surface area contributed by atoms with Crippen LogP contribution < -0.4 is 0 Å². The van der Waals surface area contributed by atoms with Crippen LogP contribution in [-0.2, 0) is 0 Å². The molecule has 22 heavy (non-hydrogen) atoms. The average molecular weight is 284 g/mol.